The first-order chi connectivity index (χ1) is 12.5. The average molecular weight is 348 g/mol. The largest absolute Gasteiger partial charge is 0.339 e. The van der Waals surface area contributed by atoms with Gasteiger partial charge in [-0.25, -0.2) is 0 Å². The predicted octanol–water partition coefficient (Wildman–Crippen LogP) is 3.93. The molecule has 0 unspecified atom stereocenters. The van der Waals surface area contributed by atoms with Gasteiger partial charge in [-0.1, -0.05) is 12.1 Å². The van der Waals surface area contributed by atoms with Gasteiger partial charge in [0.1, 0.15) is 0 Å². The lowest BCUT2D eigenvalue weighted by molar-refractivity contribution is -0.114. The van der Waals surface area contributed by atoms with Crippen LogP contribution < -0.4 is 16.0 Å². The lowest BCUT2D eigenvalue weighted by Crippen LogP contribution is -2.05. The van der Waals surface area contributed by atoms with Crippen LogP contribution in [0.1, 0.15) is 18.1 Å². The number of aromatic nitrogens is 3. The molecule has 0 bridgehead atoms. The van der Waals surface area contributed by atoms with E-state index in [-0.39, 0.29) is 5.91 Å². The van der Waals surface area contributed by atoms with E-state index in [4.69, 9.17) is 0 Å². The number of aryl methyl sites for hydroxylation is 2. The zero-order valence-electron chi connectivity index (χ0n) is 14.9. The summed E-state index contributed by atoms with van der Waals surface area (Å²) in [5, 5.41) is 17.1. The van der Waals surface area contributed by atoms with Crippen molar-refractivity contribution in [3.63, 3.8) is 0 Å². The highest BCUT2D eigenvalue weighted by Gasteiger charge is 2.05. The fourth-order valence-electron chi connectivity index (χ4n) is 2.40. The number of hydrogen-bond acceptors (Lipinski definition) is 6. The number of carbonyl (C=O) groups is 1. The van der Waals surface area contributed by atoms with Crippen LogP contribution in [0, 0.1) is 13.8 Å². The zero-order chi connectivity index (χ0) is 18.5. The highest BCUT2D eigenvalue weighted by atomic mass is 16.1. The molecule has 0 fully saturated rings. The molecule has 7 heteroatoms. The number of rotatable bonds is 5. The first kappa shape index (κ1) is 17.3. The molecule has 1 heterocycles. The smallest absolute Gasteiger partial charge is 0.249 e. The van der Waals surface area contributed by atoms with Gasteiger partial charge in [0.2, 0.25) is 11.9 Å². The van der Waals surface area contributed by atoms with Crippen LogP contribution in [0.25, 0.3) is 0 Å². The van der Waals surface area contributed by atoms with Crippen molar-refractivity contribution < 1.29 is 4.79 Å². The molecule has 0 spiro atoms. The summed E-state index contributed by atoms with van der Waals surface area (Å²) in [7, 11) is 0. The number of nitrogens with zero attached hydrogens (tertiary/aromatic N) is 3. The molecule has 1 aromatic heterocycles. The van der Waals surface area contributed by atoms with Crippen LogP contribution in [0.2, 0.25) is 0 Å². The van der Waals surface area contributed by atoms with Crippen LogP contribution in [0.5, 0.6) is 0 Å². The molecule has 132 valence electrons. The quantitative estimate of drug-likeness (QED) is 0.647. The normalized spacial score (nSPS) is 10.3. The minimum atomic E-state index is -0.104. The third-order valence-electron chi connectivity index (χ3n) is 3.68. The topological polar surface area (TPSA) is 91.8 Å². The van der Waals surface area contributed by atoms with Crippen molar-refractivity contribution >= 4 is 34.7 Å². The van der Waals surface area contributed by atoms with Crippen LogP contribution in [0.15, 0.2) is 48.7 Å². The minimum absolute atomic E-state index is 0.104. The average Bonchev–Trinajstić information content (AvgIpc) is 2.60. The van der Waals surface area contributed by atoms with Crippen molar-refractivity contribution in [1.29, 1.82) is 0 Å². The van der Waals surface area contributed by atoms with E-state index in [1.165, 1.54) is 6.92 Å². The minimum Gasteiger partial charge on any atom is -0.339 e. The Morgan fingerprint density at radius 2 is 1.69 bits per heavy atom. The zero-order valence-corrected chi connectivity index (χ0v) is 14.9. The Labute approximate surface area is 151 Å². The second-order valence-corrected chi connectivity index (χ2v) is 5.99. The number of amides is 1. The van der Waals surface area contributed by atoms with E-state index in [1.807, 2.05) is 50.2 Å². The molecule has 0 aliphatic heterocycles. The molecule has 0 saturated carbocycles. The van der Waals surface area contributed by atoms with E-state index in [2.05, 4.69) is 37.2 Å². The molecule has 7 nitrogen and oxygen atoms in total. The summed E-state index contributed by atoms with van der Waals surface area (Å²) in [5.41, 5.74) is 4.77. The lowest BCUT2D eigenvalue weighted by Gasteiger charge is -2.10. The Morgan fingerprint density at radius 3 is 2.42 bits per heavy atom. The van der Waals surface area contributed by atoms with Gasteiger partial charge < -0.3 is 16.0 Å². The van der Waals surface area contributed by atoms with Crippen molar-refractivity contribution in [2.24, 2.45) is 0 Å². The van der Waals surface area contributed by atoms with E-state index in [0.717, 1.165) is 28.2 Å². The van der Waals surface area contributed by atoms with E-state index >= 15 is 0 Å². The van der Waals surface area contributed by atoms with Gasteiger partial charge in [-0.15, -0.1) is 5.10 Å². The van der Waals surface area contributed by atoms with E-state index in [1.54, 1.807) is 6.20 Å². The van der Waals surface area contributed by atoms with Gasteiger partial charge in [0.25, 0.3) is 0 Å². The molecule has 0 saturated heterocycles. The highest BCUT2D eigenvalue weighted by molar-refractivity contribution is 5.88. The summed E-state index contributed by atoms with van der Waals surface area (Å²) in [5.74, 6) is 0.881. The van der Waals surface area contributed by atoms with Crippen molar-refractivity contribution in [2.45, 2.75) is 20.8 Å². The Hall–Kier alpha value is -3.48. The monoisotopic (exact) mass is 348 g/mol. The van der Waals surface area contributed by atoms with E-state index in [9.17, 15) is 4.79 Å². The Kier molecular flexibility index (Phi) is 5.07. The van der Waals surface area contributed by atoms with Gasteiger partial charge in [-0.3, -0.25) is 4.79 Å². The molecule has 0 aliphatic rings. The molecule has 1 amide bonds. The van der Waals surface area contributed by atoms with Crippen LogP contribution in [0.3, 0.4) is 0 Å². The molecule has 0 radical (unpaired) electrons. The van der Waals surface area contributed by atoms with Crippen molar-refractivity contribution in [3.8, 4) is 0 Å². The molecular weight excluding hydrogens is 328 g/mol. The van der Waals surface area contributed by atoms with Crippen LogP contribution >= 0.6 is 0 Å². The second kappa shape index (κ2) is 7.60. The van der Waals surface area contributed by atoms with Crippen molar-refractivity contribution in [1.82, 2.24) is 15.2 Å². The van der Waals surface area contributed by atoms with Gasteiger partial charge in [-0.2, -0.15) is 10.1 Å². The Bertz CT molecular complexity index is 924. The first-order valence-corrected chi connectivity index (χ1v) is 8.18. The van der Waals surface area contributed by atoms with Gasteiger partial charge in [-0.05, 0) is 55.3 Å². The summed E-state index contributed by atoms with van der Waals surface area (Å²) in [6.45, 7) is 5.53. The van der Waals surface area contributed by atoms with Crippen molar-refractivity contribution in [3.05, 3.63) is 59.8 Å². The number of nitrogens with one attached hydrogen (secondary N) is 3. The van der Waals surface area contributed by atoms with Gasteiger partial charge in [0.05, 0.1) is 6.20 Å². The molecule has 0 atom stereocenters. The van der Waals surface area contributed by atoms with Crippen LogP contribution in [0.4, 0.5) is 28.8 Å². The Morgan fingerprint density at radius 1 is 0.962 bits per heavy atom. The van der Waals surface area contributed by atoms with Gasteiger partial charge in [0.15, 0.2) is 5.82 Å². The number of hydrogen-bond donors (Lipinski definition) is 3. The second-order valence-electron chi connectivity index (χ2n) is 5.99. The van der Waals surface area contributed by atoms with Crippen LogP contribution in [-0.2, 0) is 4.79 Å². The standard InChI is InChI=1S/C19H20N6O/c1-12-4-5-13(2)17(10-12)23-19-24-18(11-20-25-19)22-16-8-6-15(7-9-16)21-14(3)26/h4-11H,1-3H3,(H,21,26)(H2,22,23,24,25). The maximum absolute atomic E-state index is 11.1. The van der Waals surface area contributed by atoms with E-state index < -0.39 is 0 Å². The SMILES string of the molecule is CC(=O)Nc1ccc(Nc2cnnc(Nc3cc(C)ccc3C)n2)cc1. The third kappa shape index (κ3) is 4.54. The molecule has 0 aliphatic carbocycles. The van der Waals surface area contributed by atoms with Gasteiger partial charge in [0, 0.05) is 24.0 Å². The summed E-state index contributed by atoms with van der Waals surface area (Å²) < 4.78 is 0. The maximum atomic E-state index is 11.1. The first-order valence-electron chi connectivity index (χ1n) is 8.18. The van der Waals surface area contributed by atoms with Crippen LogP contribution in [-0.4, -0.2) is 21.1 Å². The molecule has 2 aromatic carbocycles. The fraction of sp³-hybridized carbons (Fsp3) is 0.158. The number of carbonyl (C=O) groups excluding carboxylic acids is 1. The van der Waals surface area contributed by atoms with E-state index in [0.29, 0.717) is 11.8 Å². The highest BCUT2D eigenvalue weighted by Crippen LogP contribution is 2.21. The molecule has 3 aromatic rings. The fourth-order valence-corrected chi connectivity index (χ4v) is 2.40. The maximum Gasteiger partial charge on any atom is 0.249 e. The summed E-state index contributed by atoms with van der Waals surface area (Å²) >= 11 is 0. The predicted molar refractivity (Wildman–Crippen MR) is 103 cm³/mol. The number of anilines is 5. The lowest BCUT2D eigenvalue weighted by atomic mass is 10.1. The molecular formula is C19H20N6O. The van der Waals surface area contributed by atoms with Crippen molar-refractivity contribution in [2.75, 3.05) is 16.0 Å². The summed E-state index contributed by atoms with van der Waals surface area (Å²) in [6.07, 6.45) is 1.55. The molecule has 3 rings (SSSR count). The Balaban J connectivity index is 1.73. The molecule has 3 N–H and O–H groups in total. The summed E-state index contributed by atoms with van der Waals surface area (Å²) in [4.78, 5) is 15.5. The number of benzene rings is 2. The van der Waals surface area contributed by atoms with Gasteiger partial charge >= 0.3 is 0 Å². The third-order valence-corrected chi connectivity index (χ3v) is 3.68. The molecule has 26 heavy (non-hydrogen) atoms. The summed E-state index contributed by atoms with van der Waals surface area (Å²) in [6, 6.07) is 13.5.